The van der Waals surface area contributed by atoms with Crippen LogP contribution in [0.2, 0.25) is 0 Å². The topological polar surface area (TPSA) is 43.6 Å². The summed E-state index contributed by atoms with van der Waals surface area (Å²) in [7, 11) is 0. The van der Waals surface area contributed by atoms with E-state index < -0.39 is 18.1 Å². The summed E-state index contributed by atoms with van der Waals surface area (Å²) in [6.07, 6.45) is 0. The van der Waals surface area contributed by atoms with Crippen LogP contribution >= 0.6 is 11.3 Å². The molecule has 5 heteroatoms. The molecule has 8 aromatic carbocycles. The molecule has 54 heavy (non-hydrogen) atoms. The summed E-state index contributed by atoms with van der Waals surface area (Å²) < 4.78 is 47.4. The third-order valence-corrected chi connectivity index (χ3v) is 11.4. The van der Waals surface area contributed by atoms with Gasteiger partial charge < -0.3 is 4.57 Å². The van der Waals surface area contributed by atoms with Crippen molar-refractivity contribution in [1.82, 2.24) is 19.5 Å². The maximum Gasteiger partial charge on any atom is 0.165 e. The van der Waals surface area contributed by atoms with Gasteiger partial charge in [-0.25, -0.2) is 15.0 Å². The molecule has 0 aliphatic rings. The second-order valence-corrected chi connectivity index (χ2v) is 14.3. The summed E-state index contributed by atoms with van der Waals surface area (Å²) in [5, 5.41) is 6.71. The Hall–Kier alpha value is -6.95. The fraction of sp³-hybridized carbons (Fsp3) is 0. The van der Waals surface area contributed by atoms with E-state index in [1.807, 2.05) is 30.3 Å². The standard InChI is InChI=1S/C49H30N4S/c1-3-15-32(16-4-1)47-50-48(33-17-5-2-6-18-33)52-49(51-47)42-30-36(53-43-24-11-9-20-38(43)39-21-10-12-25-44(39)53)29-41-40-23-13-22-37(45(40)54-46(41)42)35-27-26-31-14-7-8-19-34(31)28-35/h1-30H/i1D,3D,4D,15D,16D. The van der Waals surface area contributed by atoms with Crippen LogP contribution in [0.15, 0.2) is 182 Å². The Kier molecular flexibility index (Phi) is 5.92. The van der Waals surface area contributed by atoms with Gasteiger partial charge in [0.25, 0.3) is 0 Å². The normalized spacial score (nSPS) is 13.0. The van der Waals surface area contributed by atoms with Crippen LogP contribution in [0.5, 0.6) is 0 Å². The second kappa shape index (κ2) is 12.3. The highest BCUT2D eigenvalue weighted by molar-refractivity contribution is 7.26. The van der Waals surface area contributed by atoms with Crippen molar-refractivity contribution >= 4 is 64.1 Å². The third kappa shape index (κ3) is 4.94. The Balaban J connectivity index is 1.26. The molecule has 0 aliphatic heterocycles. The van der Waals surface area contributed by atoms with Gasteiger partial charge in [-0.3, -0.25) is 0 Å². The Labute approximate surface area is 322 Å². The first-order valence-corrected chi connectivity index (χ1v) is 18.5. The molecule has 0 unspecified atom stereocenters. The van der Waals surface area contributed by atoms with Crippen LogP contribution in [0.25, 0.3) is 104 Å². The third-order valence-electron chi connectivity index (χ3n) is 10.1. The number of thiophene rings is 1. The number of aromatic nitrogens is 4. The van der Waals surface area contributed by atoms with E-state index in [2.05, 4.69) is 126 Å². The number of fused-ring (bicyclic) bond motifs is 7. The van der Waals surface area contributed by atoms with E-state index in [9.17, 15) is 0 Å². The summed E-state index contributed by atoms with van der Waals surface area (Å²) in [5.41, 5.74) is 6.59. The molecule has 3 aromatic heterocycles. The number of nitrogens with zero attached hydrogens (tertiary/aromatic N) is 4. The molecule has 0 atom stereocenters. The van der Waals surface area contributed by atoms with E-state index in [4.69, 9.17) is 21.8 Å². The molecule has 11 rings (SSSR count). The number of rotatable bonds is 5. The minimum atomic E-state index is -0.477. The predicted octanol–water partition coefficient (Wildman–Crippen LogP) is 13.2. The largest absolute Gasteiger partial charge is 0.309 e. The SMILES string of the molecule is [2H]c1c([2H])c([2H])c(-c2nc(-c3ccccc3)nc(-c3cc(-n4c5ccccc5c5ccccc54)cc4c3sc3c(-c5ccc6ccccc6c5)cccc34)n2)c([2H])c1[2H]. The highest BCUT2D eigenvalue weighted by Crippen LogP contribution is 2.46. The smallest absolute Gasteiger partial charge is 0.165 e. The number of para-hydroxylation sites is 2. The average Bonchev–Trinajstić information content (AvgIpc) is 3.83. The first-order valence-electron chi connectivity index (χ1n) is 20.2. The Morgan fingerprint density at radius 2 is 1.06 bits per heavy atom. The van der Waals surface area contributed by atoms with Gasteiger partial charge in [0.1, 0.15) is 0 Å². The molecule has 0 amide bonds. The maximum atomic E-state index is 8.89. The van der Waals surface area contributed by atoms with Gasteiger partial charge in [-0.15, -0.1) is 11.3 Å². The molecular formula is C49H30N4S. The number of hydrogen-bond acceptors (Lipinski definition) is 4. The van der Waals surface area contributed by atoms with Gasteiger partial charge in [-0.05, 0) is 52.2 Å². The van der Waals surface area contributed by atoms with Crippen molar-refractivity contribution in [3.05, 3.63) is 182 Å². The number of benzene rings is 8. The quantitative estimate of drug-likeness (QED) is 0.178. The summed E-state index contributed by atoms with van der Waals surface area (Å²) in [4.78, 5) is 14.9. The maximum absolute atomic E-state index is 8.89. The monoisotopic (exact) mass is 711 g/mol. The molecule has 0 bridgehead atoms. The summed E-state index contributed by atoms with van der Waals surface area (Å²) in [6, 6.07) is 49.9. The minimum Gasteiger partial charge on any atom is -0.309 e. The lowest BCUT2D eigenvalue weighted by molar-refractivity contribution is 1.07. The predicted molar refractivity (Wildman–Crippen MR) is 226 cm³/mol. The molecule has 0 spiro atoms. The molecule has 3 heterocycles. The van der Waals surface area contributed by atoms with Crippen LogP contribution < -0.4 is 0 Å². The van der Waals surface area contributed by atoms with Crippen molar-refractivity contribution in [3.63, 3.8) is 0 Å². The van der Waals surface area contributed by atoms with E-state index in [1.54, 1.807) is 11.3 Å². The molecule has 252 valence electrons. The highest BCUT2D eigenvalue weighted by atomic mass is 32.1. The van der Waals surface area contributed by atoms with Gasteiger partial charge >= 0.3 is 0 Å². The Morgan fingerprint density at radius 3 is 1.83 bits per heavy atom. The van der Waals surface area contributed by atoms with Crippen LogP contribution in [0.3, 0.4) is 0 Å². The average molecular weight is 712 g/mol. The summed E-state index contributed by atoms with van der Waals surface area (Å²) in [6.45, 7) is 0. The van der Waals surface area contributed by atoms with Gasteiger partial charge in [0.15, 0.2) is 17.5 Å². The van der Waals surface area contributed by atoms with Crippen LogP contribution in [0.4, 0.5) is 0 Å². The van der Waals surface area contributed by atoms with Gasteiger partial charge in [0.05, 0.1) is 17.9 Å². The zero-order valence-electron chi connectivity index (χ0n) is 33.6. The lowest BCUT2D eigenvalue weighted by Crippen LogP contribution is -2.01. The molecule has 0 saturated carbocycles. The fourth-order valence-electron chi connectivity index (χ4n) is 7.65. The Bertz CT molecular complexity index is 3440. The first kappa shape index (κ1) is 25.9. The highest BCUT2D eigenvalue weighted by Gasteiger charge is 2.21. The summed E-state index contributed by atoms with van der Waals surface area (Å²) in [5.74, 6) is 0.650. The molecule has 0 aliphatic carbocycles. The van der Waals surface area contributed by atoms with Crippen molar-refractivity contribution in [3.8, 4) is 51.0 Å². The molecule has 0 saturated heterocycles. The van der Waals surface area contributed by atoms with Crippen LogP contribution in [-0.4, -0.2) is 19.5 Å². The Morgan fingerprint density at radius 1 is 0.426 bits per heavy atom. The molecule has 0 N–H and O–H groups in total. The molecule has 0 fully saturated rings. The van der Waals surface area contributed by atoms with Crippen LogP contribution in [-0.2, 0) is 0 Å². The lowest BCUT2D eigenvalue weighted by Gasteiger charge is -2.13. The molecule has 0 radical (unpaired) electrons. The molecule has 11 aromatic rings. The fourth-order valence-corrected chi connectivity index (χ4v) is 8.98. The van der Waals surface area contributed by atoms with Gasteiger partial charge in [0, 0.05) is 53.3 Å². The second-order valence-electron chi connectivity index (χ2n) is 13.3. The van der Waals surface area contributed by atoms with Crippen molar-refractivity contribution in [2.24, 2.45) is 0 Å². The van der Waals surface area contributed by atoms with E-state index >= 15 is 0 Å². The molecular weight excluding hydrogens is 677 g/mol. The van der Waals surface area contributed by atoms with Gasteiger partial charge in [-0.2, -0.15) is 0 Å². The van der Waals surface area contributed by atoms with Crippen LogP contribution in [0.1, 0.15) is 6.85 Å². The summed E-state index contributed by atoms with van der Waals surface area (Å²) >= 11 is 1.67. The lowest BCUT2D eigenvalue weighted by atomic mass is 9.99. The zero-order chi connectivity index (χ0) is 39.9. The number of hydrogen-bond donors (Lipinski definition) is 0. The first-order chi connectivity index (χ1) is 28.8. The van der Waals surface area contributed by atoms with Gasteiger partial charge in [0.2, 0.25) is 0 Å². The van der Waals surface area contributed by atoms with Crippen molar-refractivity contribution in [2.75, 3.05) is 0 Å². The van der Waals surface area contributed by atoms with Gasteiger partial charge in [-0.1, -0.05) is 152 Å². The van der Waals surface area contributed by atoms with E-state index in [0.29, 0.717) is 17.2 Å². The van der Waals surface area contributed by atoms with Crippen LogP contribution in [0, 0.1) is 0 Å². The van der Waals surface area contributed by atoms with Crippen molar-refractivity contribution < 1.29 is 6.85 Å². The van der Waals surface area contributed by atoms with E-state index in [1.165, 1.54) is 5.39 Å². The van der Waals surface area contributed by atoms with E-state index in [0.717, 1.165) is 69.7 Å². The minimum absolute atomic E-state index is 0.000710. The zero-order valence-corrected chi connectivity index (χ0v) is 29.4. The molecule has 4 nitrogen and oxygen atoms in total. The van der Waals surface area contributed by atoms with Crippen molar-refractivity contribution in [1.29, 1.82) is 0 Å². The van der Waals surface area contributed by atoms with E-state index in [-0.39, 0.29) is 23.5 Å². The van der Waals surface area contributed by atoms with Crippen molar-refractivity contribution in [2.45, 2.75) is 0 Å².